The molecular weight excluding hydrogens is 356 g/mol. The maximum Gasteiger partial charge on any atom is 0.243 e. The number of hydrogen-bond acceptors (Lipinski definition) is 3. The van der Waals surface area contributed by atoms with E-state index in [1.807, 2.05) is 12.1 Å². The number of nitrogens with zero attached hydrogens (tertiary/aromatic N) is 2. The molecule has 0 atom stereocenters. The number of likely N-dealkylation sites (tertiary alicyclic amines) is 1. The minimum absolute atomic E-state index is 0.0813. The van der Waals surface area contributed by atoms with E-state index in [4.69, 9.17) is 0 Å². The highest BCUT2D eigenvalue weighted by atomic mass is 32.2. The minimum atomic E-state index is -3.49. The molecule has 2 aliphatic rings. The first-order chi connectivity index (χ1) is 12.9. The van der Waals surface area contributed by atoms with Gasteiger partial charge in [-0.1, -0.05) is 42.5 Å². The van der Waals surface area contributed by atoms with Crippen LogP contribution in [0.3, 0.4) is 0 Å². The van der Waals surface area contributed by atoms with Gasteiger partial charge in [-0.2, -0.15) is 4.31 Å². The van der Waals surface area contributed by atoms with E-state index < -0.39 is 10.0 Å². The van der Waals surface area contributed by atoms with Crippen molar-refractivity contribution < 1.29 is 8.42 Å². The van der Waals surface area contributed by atoms with Crippen molar-refractivity contribution in [1.82, 2.24) is 9.21 Å². The lowest BCUT2D eigenvalue weighted by atomic mass is 9.69. The monoisotopic (exact) mass is 384 g/mol. The molecule has 27 heavy (non-hydrogen) atoms. The van der Waals surface area contributed by atoms with E-state index >= 15 is 0 Å². The molecule has 0 aromatic heterocycles. The standard InChI is InChI=1S/C22H28N2O2S/c1-18(2)23-14-12-22(13-15-23)17-24(16-19-8-6-7-11-21(19)22)27(25,26)20-9-4-3-5-10-20/h3-11,18H,12-17H2,1-2H3. The van der Waals surface area contributed by atoms with Crippen LogP contribution in [0.25, 0.3) is 0 Å². The Balaban J connectivity index is 1.71. The molecule has 0 amide bonds. The fourth-order valence-electron chi connectivity index (χ4n) is 4.65. The minimum Gasteiger partial charge on any atom is -0.301 e. The predicted octanol–water partition coefficient (Wildman–Crippen LogP) is 3.63. The molecule has 2 aromatic carbocycles. The van der Waals surface area contributed by atoms with E-state index in [-0.39, 0.29) is 5.41 Å². The second-order valence-electron chi connectivity index (χ2n) is 8.15. The quantitative estimate of drug-likeness (QED) is 0.811. The Morgan fingerprint density at radius 2 is 1.56 bits per heavy atom. The predicted molar refractivity (Wildman–Crippen MR) is 108 cm³/mol. The largest absolute Gasteiger partial charge is 0.301 e. The van der Waals surface area contributed by atoms with Crippen molar-refractivity contribution in [2.75, 3.05) is 19.6 Å². The van der Waals surface area contributed by atoms with Crippen LogP contribution in [-0.2, 0) is 22.0 Å². The summed E-state index contributed by atoms with van der Waals surface area (Å²) in [4.78, 5) is 2.89. The molecule has 0 unspecified atom stereocenters. The smallest absolute Gasteiger partial charge is 0.243 e. The fraction of sp³-hybridized carbons (Fsp3) is 0.455. The van der Waals surface area contributed by atoms with E-state index in [0.717, 1.165) is 31.5 Å². The number of piperidine rings is 1. The molecule has 0 bridgehead atoms. The zero-order chi connectivity index (χ0) is 19.1. The summed E-state index contributed by atoms with van der Waals surface area (Å²) < 4.78 is 28.3. The van der Waals surface area contributed by atoms with Gasteiger partial charge in [-0.15, -0.1) is 0 Å². The highest BCUT2D eigenvalue weighted by molar-refractivity contribution is 7.89. The van der Waals surface area contributed by atoms with Crippen LogP contribution in [0.2, 0.25) is 0 Å². The Bertz CT molecular complexity index is 901. The average Bonchev–Trinajstić information content (AvgIpc) is 2.69. The van der Waals surface area contributed by atoms with Crippen molar-refractivity contribution in [3.63, 3.8) is 0 Å². The van der Waals surface area contributed by atoms with Crippen molar-refractivity contribution in [3.8, 4) is 0 Å². The molecule has 0 aliphatic carbocycles. The van der Waals surface area contributed by atoms with Crippen LogP contribution in [0.1, 0.15) is 37.8 Å². The second kappa shape index (κ2) is 7.04. The van der Waals surface area contributed by atoms with Gasteiger partial charge in [0.1, 0.15) is 0 Å². The van der Waals surface area contributed by atoms with Gasteiger partial charge in [0.15, 0.2) is 0 Å². The summed E-state index contributed by atoms with van der Waals surface area (Å²) in [7, 11) is -3.49. The molecule has 4 nitrogen and oxygen atoms in total. The highest BCUT2D eigenvalue weighted by Crippen LogP contribution is 2.43. The van der Waals surface area contributed by atoms with Crippen LogP contribution >= 0.6 is 0 Å². The van der Waals surface area contributed by atoms with Crippen molar-refractivity contribution in [2.45, 2.75) is 49.6 Å². The molecule has 144 valence electrons. The molecule has 1 spiro atoms. The summed E-state index contributed by atoms with van der Waals surface area (Å²) in [6.45, 7) is 7.55. The number of rotatable bonds is 3. The van der Waals surface area contributed by atoms with Gasteiger partial charge < -0.3 is 4.90 Å². The molecule has 0 saturated carbocycles. The lowest BCUT2D eigenvalue weighted by molar-refractivity contribution is 0.107. The zero-order valence-electron chi connectivity index (χ0n) is 16.1. The molecule has 1 fully saturated rings. The molecule has 2 aromatic rings. The molecule has 4 rings (SSSR count). The number of sulfonamides is 1. The third-order valence-corrected chi connectivity index (χ3v) is 8.09. The first kappa shape index (κ1) is 18.7. The summed E-state index contributed by atoms with van der Waals surface area (Å²) in [6, 6.07) is 17.8. The van der Waals surface area contributed by atoms with Crippen molar-refractivity contribution in [1.29, 1.82) is 0 Å². The van der Waals surface area contributed by atoms with E-state index in [1.165, 1.54) is 5.56 Å². The first-order valence-corrected chi connectivity index (χ1v) is 11.2. The van der Waals surface area contributed by atoms with Gasteiger partial charge in [0.05, 0.1) is 4.90 Å². The van der Waals surface area contributed by atoms with Gasteiger partial charge >= 0.3 is 0 Å². The van der Waals surface area contributed by atoms with Crippen LogP contribution in [0.5, 0.6) is 0 Å². The maximum atomic E-state index is 13.3. The third-order valence-electron chi connectivity index (χ3n) is 6.28. The van der Waals surface area contributed by atoms with E-state index in [0.29, 0.717) is 24.0 Å². The van der Waals surface area contributed by atoms with Gasteiger partial charge in [-0.05, 0) is 63.0 Å². The number of fused-ring (bicyclic) bond motifs is 2. The van der Waals surface area contributed by atoms with Gasteiger partial charge in [0, 0.05) is 24.5 Å². The molecule has 2 heterocycles. The Morgan fingerprint density at radius 3 is 2.22 bits per heavy atom. The summed E-state index contributed by atoms with van der Waals surface area (Å²) in [5.41, 5.74) is 2.43. The first-order valence-electron chi connectivity index (χ1n) is 9.80. The number of benzene rings is 2. The van der Waals surface area contributed by atoms with Crippen LogP contribution < -0.4 is 0 Å². The molecule has 5 heteroatoms. The fourth-order valence-corrected chi connectivity index (χ4v) is 6.18. The van der Waals surface area contributed by atoms with Crippen LogP contribution in [0, 0.1) is 0 Å². The molecule has 0 N–H and O–H groups in total. The molecule has 1 saturated heterocycles. The van der Waals surface area contributed by atoms with E-state index in [9.17, 15) is 8.42 Å². The van der Waals surface area contributed by atoms with Crippen molar-refractivity contribution >= 4 is 10.0 Å². The lowest BCUT2D eigenvalue weighted by Gasteiger charge is -2.49. The number of hydrogen-bond donors (Lipinski definition) is 0. The maximum absolute atomic E-state index is 13.3. The topological polar surface area (TPSA) is 40.6 Å². The molecule has 2 aliphatic heterocycles. The van der Waals surface area contributed by atoms with E-state index in [2.05, 4.69) is 36.9 Å². The zero-order valence-corrected chi connectivity index (χ0v) is 17.0. The van der Waals surface area contributed by atoms with Gasteiger partial charge in [-0.3, -0.25) is 0 Å². The highest BCUT2D eigenvalue weighted by Gasteiger charge is 2.45. The van der Waals surface area contributed by atoms with Crippen LogP contribution in [0.15, 0.2) is 59.5 Å². The van der Waals surface area contributed by atoms with Crippen LogP contribution in [-0.4, -0.2) is 43.3 Å². The Morgan fingerprint density at radius 1 is 0.926 bits per heavy atom. The van der Waals surface area contributed by atoms with Gasteiger partial charge in [0.25, 0.3) is 0 Å². The average molecular weight is 385 g/mol. The van der Waals surface area contributed by atoms with E-state index in [1.54, 1.807) is 28.6 Å². The normalized spacial score (nSPS) is 20.7. The summed E-state index contributed by atoms with van der Waals surface area (Å²) in [5.74, 6) is 0. The lowest BCUT2D eigenvalue weighted by Crippen LogP contribution is -2.54. The molecular formula is C22H28N2O2S. The third kappa shape index (κ3) is 3.33. The summed E-state index contributed by atoms with van der Waals surface area (Å²) in [6.07, 6.45) is 2.01. The Kier molecular flexibility index (Phi) is 4.87. The summed E-state index contributed by atoms with van der Waals surface area (Å²) in [5, 5.41) is 0. The SMILES string of the molecule is CC(C)N1CCC2(CC1)CN(S(=O)(=O)c1ccccc1)Cc1ccccc12. The summed E-state index contributed by atoms with van der Waals surface area (Å²) >= 11 is 0. The van der Waals surface area contributed by atoms with Crippen molar-refractivity contribution in [2.24, 2.45) is 0 Å². The van der Waals surface area contributed by atoms with Crippen LogP contribution in [0.4, 0.5) is 0 Å². The Hall–Kier alpha value is -1.69. The van der Waals surface area contributed by atoms with Gasteiger partial charge in [-0.25, -0.2) is 8.42 Å². The Labute approximate surface area is 162 Å². The van der Waals surface area contributed by atoms with Gasteiger partial charge in [0.2, 0.25) is 10.0 Å². The molecule has 0 radical (unpaired) electrons. The second-order valence-corrected chi connectivity index (χ2v) is 10.1. The van der Waals surface area contributed by atoms with Crippen molar-refractivity contribution in [3.05, 3.63) is 65.7 Å².